The van der Waals surface area contributed by atoms with Gasteiger partial charge in [-0.3, -0.25) is 10.1 Å². The molecule has 0 radical (unpaired) electrons. The number of carbonyl (C=O) groups excluding carboxylic acids is 1. The zero-order valence-electron chi connectivity index (χ0n) is 19.2. The molecule has 0 aliphatic rings. The molecule has 0 saturated carbocycles. The first kappa shape index (κ1) is 22.5. The molecule has 0 fully saturated rings. The minimum absolute atomic E-state index is 0.0671. The number of carbonyl (C=O) groups is 1. The number of nitrogens with one attached hydrogen (secondary N) is 2. The van der Waals surface area contributed by atoms with Crippen LogP contribution in [0.25, 0.3) is 27.5 Å². The summed E-state index contributed by atoms with van der Waals surface area (Å²) in [4.78, 5) is 14.2. The van der Waals surface area contributed by atoms with Gasteiger partial charge in [0, 0.05) is 16.6 Å². The molecule has 0 spiro atoms. The van der Waals surface area contributed by atoms with Crippen molar-refractivity contribution in [2.45, 2.75) is 20.0 Å². The molecule has 1 heterocycles. The van der Waals surface area contributed by atoms with Crippen molar-refractivity contribution in [2.75, 3.05) is 5.32 Å². The fourth-order valence-electron chi connectivity index (χ4n) is 3.78. The second kappa shape index (κ2) is 9.52. The number of amides is 1. The van der Waals surface area contributed by atoms with Crippen molar-refractivity contribution in [3.63, 3.8) is 0 Å². The fourth-order valence-corrected chi connectivity index (χ4v) is 3.99. The third-order valence-electron chi connectivity index (χ3n) is 5.34. The van der Waals surface area contributed by atoms with Crippen LogP contribution in [0.2, 0.25) is 0 Å². The molecule has 0 saturated heterocycles. The first-order valence-corrected chi connectivity index (χ1v) is 11.6. The SMILES string of the molecule is CC(C)Oc1ccc(C(=O)NC(=S)Nc2ccc3nn(-c4cccc5ccccc45)nc3c2)cc1. The summed E-state index contributed by atoms with van der Waals surface area (Å²) in [5, 5.41) is 17.4. The Hall–Kier alpha value is -4.30. The summed E-state index contributed by atoms with van der Waals surface area (Å²) in [5.74, 6) is 0.406. The molecule has 0 atom stereocenters. The van der Waals surface area contributed by atoms with Gasteiger partial charge in [-0.25, -0.2) is 0 Å². The van der Waals surface area contributed by atoms with Crippen LogP contribution in [-0.4, -0.2) is 32.1 Å². The highest BCUT2D eigenvalue weighted by Crippen LogP contribution is 2.23. The number of anilines is 1. The molecule has 5 rings (SSSR count). The van der Waals surface area contributed by atoms with Crippen LogP contribution in [0.3, 0.4) is 0 Å². The van der Waals surface area contributed by atoms with E-state index in [0.29, 0.717) is 22.5 Å². The van der Waals surface area contributed by atoms with E-state index in [4.69, 9.17) is 17.0 Å². The summed E-state index contributed by atoms with van der Waals surface area (Å²) in [6, 6.07) is 26.7. The Kier molecular flexibility index (Phi) is 6.12. The van der Waals surface area contributed by atoms with Crippen molar-refractivity contribution in [2.24, 2.45) is 0 Å². The van der Waals surface area contributed by atoms with Gasteiger partial charge in [0.15, 0.2) is 5.11 Å². The average molecular weight is 482 g/mol. The summed E-state index contributed by atoms with van der Waals surface area (Å²) in [6.07, 6.45) is 0.0671. The van der Waals surface area contributed by atoms with Gasteiger partial charge >= 0.3 is 0 Å². The fraction of sp³-hybridized carbons (Fsp3) is 0.111. The standard InChI is InChI=1S/C27H23N5O2S/c1-17(2)34-21-13-10-19(11-14-21)26(33)29-27(35)28-20-12-15-23-24(16-20)31-32(30-23)25-9-5-7-18-6-3-4-8-22(18)25/h3-17H,1-2H3,(H2,28,29,33,35). The van der Waals surface area contributed by atoms with Crippen molar-refractivity contribution in [3.05, 3.63) is 90.5 Å². The Balaban J connectivity index is 1.30. The summed E-state index contributed by atoms with van der Waals surface area (Å²) in [7, 11) is 0. The first-order valence-electron chi connectivity index (χ1n) is 11.2. The van der Waals surface area contributed by atoms with E-state index in [0.717, 1.165) is 22.0 Å². The zero-order chi connectivity index (χ0) is 24.4. The Labute approximate surface area is 207 Å². The average Bonchev–Trinajstić information content (AvgIpc) is 3.27. The molecule has 5 aromatic rings. The summed E-state index contributed by atoms with van der Waals surface area (Å²) >= 11 is 5.34. The highest BCUT2D eigenvalue weighted by molar-refractivity contribution is 7.80. The van der Waals surface area contributed by atoms with Gasteiger partial charge in [0.05, 0.1) is 11.8 Å². The molecule has 0 aliphatic carbocycles. The van der Waals surface area contributed by atoms with Gasteiger partial charge in [-0.05, 0) is 80.0 Å². The van der Waals surface area contributed by atoms with E-state index < -0.39 is 0 Å². The molecule has 1 aromatic heterocycles. The van der Waals surface area contributed by atoms with Crippen molar-refractivity contribution >= 4 is 50.7 Å². The van der Waals surface area contributed by atoms with Gasteiger partial charge in [0.1, 0.15) is 16.8 Å². The Morgan fingerprint density at radius 2 is 1.66 bits per heavy atom. The lowest BCUT2D eigenvalue weighted by Crippen LogP contribution is -2.34. The molecule has 7 nitrogen and oxygen atoms in total. The van der Waals surface area contributed by atoms with Gasteiger partial charge in [0.25, 0.3) is 5.91 Å². The molecule has 174 valence electrons. The van der Waals surface area contributed by atoms with Crippen LogP contribution in [0.15, 0.2) is 84.9 Å². The Morgan fingerprint density at radius 1 is 0.914 bits per heavy atom. The van der Waals surface area contributed by atoms with Crippen molar-refractivity contribution in [1.82, 2.24) is 20.3 Å². The summed E-state index contributed by atoms with van der Waals surface area (Å²) in [6.45, 7) is 3.90. The van der Waals surface area contributed by atoms with Crippen LogP contribution in [-0.2, 0) is 0 Å². The predicted octanol–water partition coefficient (Wildman–Crippen LogP) is 5.49. The first-order chi connectivity index (χ1) is 17.0. The molecular weight excluding hydrogens is 458 g/mol. The van der Waals surface area contributed by atoms with Gasteiger partial charge in [-0.2, -0.15) is 0 Å². The highest BCUT2D eigenvalue weighted by atomic mass is 32.1. The van der Waals surface area contributed by atoms with E-state index >= 15 is 0 Å². The van der Waals surface area contributed by atoms with Crippen LogP contribution < -0.4 is 15.4 Å². The number of hydrogen-bond donors (Lipinski definition) is 2. The Bertz CT molecular complexity index is 1540. The molecule has 1 amide bonds. The third-order valence-corrected chi connectivity index (χ3v) is 5.54. The maximum absolute atomic E-state index is 12.6. The molecular formula is C27H23N5O2S. The van der Waals surface area contributed by atoms with Gasteiger partial charge < -0.3 is 10.1 Å². The summed E-state index contributed by atoms with van der Waals surface area (Å²) < 4.78 is 5.61. The number of hydrogen-bond acceptors (Lipinski definition) is 5. The van der Waals surface area contributed by atoms with Crippen molar-refractivity contribution in [1.29, 1.82) is 0 Å². The lowest BCUT2D eigenvalue weighted by Gasteiger charge is -2.11. The number of ether oxygens (including phenoxy) is 1. The molecule has 0 aliphatic heterocycles. The van der Waals surface area contributed by atoms with Crippen molar-refractivity contribution in [3.8, 4) is 11.4 Å². The normalized spacial score (nSPS) is 11.1. The molecule has 8 heteroatoms. The van der Waals surface area contributed by atoms with Crippen LogP contribution >= 0.6 is 12.2 Å². The second-order valence-corrected chi connectivity index (χ2v) is 8.70. The quantitative estimate of drug-likeness (QED) is 0.323. The van der Waals surface area contributed by atoms with Crippen LogP contribution in [0, 0.1) is 0 Å². The lowest BCUT2D eigenvalue weighted by molar-refractivity contribution is 0.0977. The monoisotopic (exact) mass is 481 g/mol. The molecule has 4 aromatic carbocycles. The molecule has 0 bridgehead atoms. The van der Waals surface area contributed by atoms with Crippen LogP contribution in [0.5, 0.6) is 5.75 Å². The van der Waals surface area contributed by atoms with Crippen molar-refractivity contribution < 1.29 is 9.53 Å². The minimum Gasteiger partial charge on any atom is -0.491 e. The maximum atomic E-state index is 12.6. The van der Waals surface area contributed by atoms with E-state index in [9.17, 15) is 4.79 Å². The maximum Gasteiger partial charge on any atom is 0.257 e. The smallest absolute Gasteiger partial charge is 0.257 e. The lowest BCUT2D eigenvalue weighted by atomic mass is 10.1. The zero-order valence-corrected chi connectivity index (χ0v) is 20.0. The number of benzene rings is 4. The van der Waals surface area contributed by atoms with Gasteiger partial charge in [-0.15, -0.1) is 15.0 Å². The topological polar surface area (TPSA) is 81.1 Å². The number of thiocarbonyl (C=S) groups is 1. The largest absolute Gasteiger partial charge is 0.491 e. The third kappa shape index (κ3) is 4.97. The minimum atomic E-state index is -0.304. The van der Waals surface area contributed by atoms with E-state index in [1.807, 2.05) is 56.3 Å². The van der Waals surface area contributed by atoms with Crippen LogP contribution in [0.1, 0.15) is 24.2 Å². The predicted molar refractivity (Wildman–Crippen MR) is 142 cm³/mol. The van der Waals surface area contributed by atoms with Crippen LogP contribution in [0.4, 0.5) is 5.69 Å². The molecule has 2 N–H and O–H groups in total. The molecule has 35 heavy (non-hydrogen) atoms. The van der Waals surface area contributed by atoms with E-state index in [1.165, 1.54) is 0 Å². The second-order valence-electron chi connectivity index (χ2n) is 8.29. The van der Waals surface area contributed by atoms with E-state index in [2.05, 4.69) is 39.0 Å². The Morgan fingerprint density at radius 3 is 2.46 bits per heavy atom. The number of fused-ring (bicyclic) bond motifs is 2. The van der Waals surface area contributed by atoms with Gasteiger partial charge in [0.2, 0.25) is 0 Å². The summed E-state index contributed by atoms with van der Waals surface area (Å²) in [5.41, 5.74) is 3.55. The number of nitrogens with zero attached hydrogens (tertiary/aromatic N) is 3. The highest BCUT2D eigenvalue weighted by Gasteiger charge is 2.11. The number of aromatic nitrogens is 3. The van der Waals surface area contributed by atoms with E-state index in [-0.39, 0.29) is 17.1 Å². The molecule has 0 unspecified atom stereocenters. The van der Waals surface area contributed by atoms with E-state index in [1.54, 1.807) is 29.1 Å². The number of rotatable bonds is 5. The van der Waals surface area contributed by atoms with Gasteiger partial charge in [-0.1, -0.05) is 36.4 Å².